The van der Waals surface area contributed by atoms with Crippen molar-refractivity contribution in [1.82, 2.24) is 14.3 Å². The molecular formula is C22H17Cl2F3N4S. The molecule has 4 aromatic rings. The van der Waals surface area contributed by atoms with Crippen molar-refractivity contribution in [3.8, 4) is 11.3 Å². The highest BCUT2D eigenvalue weighted by Crippen LogP contribution is 2.36. The molecule has 10 heteroatoms. The van der Waals surface area contributed by atoms with Crippen molar-refractivity contribution in [3.63, 3.8) is 0 Å². The standard InChI is InChI=1S/C22H17Cl2F3N4S/c23-13-9-16(24)21(17(28)10-13)32-30-20(22(25,26)27)12-31-11-15(18-6-3-4-8-29-18)14-5-1-2-7-19(14)31/h1-11,20,30H,12,28H2. The molecule has 0 aliphatic heterocycles. The maximum Gasteiger partial charge on any atom is 0.406 e. The van der Waals surface area contributed by atoms with Crippen LogP contribution in [0.1, 0.15) is 0 Å². The van der Waals surface area contributed by atoms with Crippen LogP contribution < -0.4 is 10.5 Å². The average Bonchev–Trinajstić information content (AvgIpc) is 3.10. The molecule has 0 spiro atoms. The lowest BCUT2D eigenvalue weighted by atomic mass is 10.1. The van der Waals surface area contributed by atoms with Crippen molar-refractivity contribution < 1.29 is 13.2 Å². The smallest absolute Gasteiger partial charge is 0.398 e. The van der Waals surface area contributed by atoms with Crippen molar-refractivity contribution in [2.24, 2.45) is 0 Å². The molecule has 32 heavy (non-hydrogen) atoms. The minimum Gasteiger partial charge on any atom is -0.398 e. The van der Waals surface area contributed by atoms with Crippen molar-refractivity contribution in [1.29, 1.82) is 0 Å². The van der Waals surface area contributed by atoms with E-state index in [-0.39, 0.29) is 22.2 Å². The van der Waals surface area contributed by atoms with Crippen LogP contribution in [-0.2, 0) is 6.54 Å². The van der Waals surface area contributed by atoms with E-state index >= 15 is 0 Å². The van der Waals surface area contributed by atoms with E-state index in [2.05, 4.69) is 9.71 Å². The van der Waals surface area contributed by atoms with Gasteiger partial charge in [-0.2, -0.15) is 13.2 Å². The van der Waals surface area contributed by atoms with Gasteiger partial charge in [-0.15, -0.1) is 0 Å². The number of rotatable bonds is 6. The number of anilines is 1. The van der Waals surface area contributed by atoms with Gasteiger partial charge in [0.15, 0.2) is 0 Å². The summed E-state index contributed by atoms with van der Waals surface area (Å²) in [4.78, 5) is 4.64. The molecule has 0 saturated carbocycles. The molecule has 2 aromatic carbocycles. The van der Waals surface area contributed by atoms with Gasteiger partial charge in [0.2, 0.25) is 0 Å². The predicted octanol–water partition coefficient (Wildman–Crippen LogP) is 6.82. The summed E-state index contributed by atoms with van der Waals surface area (Å²) in [6, 6.07) is 13.8. The summed E-state index contributed by atoms with van der Waals surface area (Å²) in [7, 11) is 0. The van der Waals surface area contributed by atoms with Crippen LogP contribution in [0.5, 0.6) is 0 Å². The average molecular weight is 497 g/mol. The number of halogens is 5. The molecule has 2 aromatic heterocycles. The highest BCUT2D eigenvalue weighted by molar-refractivity contribution is 7.97. The van der Waals surface area contributed by atoms with E-state index in [1.807, 2.05) is 24.3 Å². The Balaban J connectivity index is 1.66. The number of hydrogen-bond acceptors (Lipinski definition) is 4. The number of pyridine rings is 1. The molecule has 0 saturated heterocycles. The second-order valence-electron chi connectivity index (χ2n) is 7.05. The summed E-state index contributed by atoms with van der Waals surface area (Å²) < 4.78 is 45.8. The topological polar surface area (TPSA) is 55.9 Å². The minimum absolute atomic E-state index is 0.178. The molecule has 4 nitrogen and oxygen atoms in total. The highest BCUT2D eigenvalue weighted by atomic mass is 35.5. The van der Waals surface area contributed by atoms with Crippen molar-refractivity contribution in [3.05, 3.63) is 77.0 Å². The number of benzene rings is 2. The van der Waals surface area contributed by atoms with E-state index in [9.17, 15) is 13.2 Å². The molecule has 3 N–H and O–H groups in total. The second kappa shape index (κ2) is 9.23. The van der Waals surface area contributed by atoms with E-state index in [1.54, 1.807) is 35.2 Å². The molecule has 0 fully saturated rings. The Labute approximate surface area is 196 Å². The van der Waals surface area contributed by atoms with Gasteiger partial charge < -0.3 is 10.3 Å². The molecule has 1 unspecified atom stereocenters. The van der Waals surface area contributed by atoms with E-state index in [0.717, 1.165) is 22.9 Å². The molecular weight excluding hydrogens is 480 g/mol. The molecule has 1 atom stereocenters. The second-order valence-corrected chi connectivity index (χ2v) is 8.74. The van der Waals surface area contributed by atoms with Crippen LogP contribution in [-0.4, -0.2) is 21.8 Å². The molecule has 0 bridgehead atoms. The summed E-state index contributed by atoms with van der Waals surface area (Å²) in [6.07, 6.45) is -1.17. The van der Waals surface area contributed by atoms with Gasteiger partial charge in [0, 0.05) is 46.1 Å². The normalized spacial score (nSPS) is 12.9. The zero-order valence-corrected chi connectivity index (χ0v) is 18.7. The van der Waals surface area contributed by atoms with E-state index in [0.29, 0.717) is 16.2 Å². The van der Waals surface area contributed by atoms with Crippen molar-refractivity contribution in [2.45, 2.75) is 23.7 Å². The van der Waals surface area contributed by atoms with E-state index < -0.39 is 12.2 Å². The van der Waals surface area contributed by atoms with Crippen LogP contribution in [0.25, 0.3) is 22.2 Å². The number of para-hydroxylation sites is 1. The predicted molar refractivity (Wildman–Crippen MR) is 125 cm³/mol. The Hall–Kier alpha value is -2.39. The van der Waals surface area contributed by atoms with Crippen LogP contribution >= 0.6 is 35.1 Å². The van der Waals surface area contributed by atoms with Gasteiger partial charge in [-0.05, 0) is 42.3 Å². The molecule has 0 aliphatic rings. The first kappa shape index (κ1) is 22.8. The van der Waals surface area contributed by atoms with Gasteiger partial charge in [0.1, 0.15) is 6.04 Å². The quantitative estimate of drug-likeness (QED) is 0.227. The number of aromatic nitrogens is 2. The van der Waals surface area contributed by atoms with Crippen LogP contribution in [0, 0.1) is 0 Å². The third-order valence-corrected chi connectivity index (χ3v) is 6.53. The maximum absolute atomic E-state index is 13.9. The summed E-state index contributed by atoms with van der Waals surface area (Å²) in [5.41, 5.74) is 8.22. The third kappa shape index (κ3) is 4.83. The first-order valence-corrected chi connectivity index (χ1v) is 11.0. The highest BCUT2D eigenvalue weighted by Gasteiger charge is 2.40. The molecule has 0 amide bonds. The summed E-state index contributed by atoms with van der Waals surface area (Å²) in [6.45, 7) is -0.352. The third-order valence-electron chi connectivity index (χ3n) is 4.84. The summed E-state index contributed by atoms with van der Waals surface area (Å²) in [5.74, 6) is 0. The van der Waals surface area contributed by atoms with Gasteiger partial charge >= 0.3 is 6.18 Å². The number of nitrogens with two attached hydrogens (primary N) is 1. The molecule has 2 heterocycles. The van der Waals surface area contributed by atoms with Crippen LogP contribution in [0.3, 0.4) is 0 Å². The lowest BCUT2D eigenvalue weighted by molar-refractivity contribution is -0.153. The Morgan fingerprint density at radius 3 is 2.53 bits per heavy atom. The number of nitrogens with one attached hydrogen (secondary N) is 1. The Morgan fingerprint density at radius 2 is 1.84 bits per heavy atom. The van der Waals surface area contributed by atoms with Crippen LogP contribution in [0.15, 0.2) is 71.9 Å². The number of nitrogens with zero attached hydrogens (tertiary/aromatic N) is 2. The Bertz CT molecular complexity index is 1220. The largest absolute Gasteiger partial charge is 0.406 e. The number of alkyl halides is 3. The molecule has 0 aliphatic carbocycles. The summed E-state index contributed by atoms with van der Waals surface area (Å²) in [5, 5.41) is 1.31. The monoisotopic (exact) mass is 496 g/mol. The number of fused-ring (bicyclic) bond motifs is 1. The van der Waals surface area contributed by atoms with Gasteiger partial charge in [0.25, 0.3) is 0 Å². The Morgan fingerprint density at radius 1 is 1.09 bits per heavy atom. The zero-order valence-electron chi connectivity index (χ0n) is 16.4. The maximum atomic E-state index is 13.9. The fourth-order valence-corrected chi connectivity index (χ4v) is 4.77. The van der Waals surface area contributed by atoms with Crippen molar-refractivity contribution >= 4 is 51.7 Å². The SMILES string of the molecule is Nc1cc(Cl)cc(Cl)c1SNC(Cn1cc(-c2ccccn2)c2ccccc21)C(F)(F)F. The van der Waals surface area contributed by atoms with Crippen LogP contribution in [0.2, 0.25) is 10.0 Å². The lowest BCUT2D eigenvalue weighted by Crippen LogP contribution is -2.42. The Kier molecular flexibility index (Phi) is 6.57. The summed E-state index contributed by atoms with van der Waals surface area (Å²) >= 11 is 12.7. The van der Waals surface area contributed by atoms with Gasteiger partial charge in [-0.1, -0.05) is 47.5 Å². The molecule has 0 radical (unpaired) electrons. The first-order chi connectivity index (χ1) is 15.2. The molecule has 166 valence electrons. The minimum atomic E-state index is -4.52. The van der Waals surface area contributed by atoms with E-state index in [1.165, 1.54) is 12.1 Å². The first-order valence-electron chi connectivity index (χ1n) is 9.47. The number of nitrogen functional groups attached to an aromatic ring is 1. The van der Waals surface area contributed by atoms with Crippen LogP contribution in [0.4, 0.5) is 18.9 Å². The zero-order chi connectivity index (χ0) is 22.9. The fraction of sp³-hybridized carbons (Fsp3) is 0.136. The van der Waals surface area contributed by atoms with E-state index in [4.69, 9.17) is 28.9 Å². The fourth-order valence-electron chi connectivity index (χ4n) is 3.35. The number of hydrogen-bond donors (Lipinski definition) is 2. The van der Waals surface area contributed by atoms with Gasteiger partial charge in [0.05, 0.1) is 15.6 Å². The van der Waals surface area contributed by atoms with Crippen molar-refractivity contribution in [2.75, 3.05) is 5.73 Å². The lowest BCUT2D eigenvalue weighted by Gasteiger charge is -2.23. The molecule has 4 rings (SSSR count). The van der Waals surface area contributed by atoms with Gasteiger partial charge in [-0.25, -0.2) is 4.72 Å². The van der Waals surface area contributed by atoms with Gasteiger partial charge in [-0.3, -0.25) is 4.98 Å².